The number of oxazole rings is 1. The summed E-state index contributed by atoms with van der Waals surface area (Å²) >= 11 is 0. The third-order valence-electron chi connectivity index (χ3n) is 3.85. The second kappa shape index (κ2) is 5.89. The summed E-state index contributed by atoms with van der Waals surface area (Å²) in [5, 5.41) is 0. The molecule has 0 amide bonds. The van der Waals surface area contributed by atoms with Gasteiger partial charge < -0.3 is 20.0 Å². The lowest BCUT2D eigenvalue weighted by Gasteiger charge is -2.34. The normalized spacial score (nSPS) is 19.8. The first-order valence-electron chi connectivity index (χ1n) is 6.71. The van der Waals surface area contributed by atoms with Crippen molar-refractivity contribution in [3.63, 3.8) is 0 Å². The molecule has 1 aromatic heterocycles. The van der Waals surface area contributed by atoms with Crippen LogP contribution in [0.3, 0.4) is 0 Å². The highest BCUT2D eigenvalue weighted by atomic mass is 35.5. The van der Waals surface area contributed by atoms with Gasteiger partial charge in [-0.25, -0.2) is 0 Å². The number of anilines is 2. The van der Waals surface area contributed by atoms with E-state index in [-0.39, 0.29) is 12.4 Å². The van der Waals surface area contributed by atoms with Gasteiger partial charge in [-0.05, 0) is 44.6 Å². The van der Waals surface area contributed by atoms with E-state index in [0.29, 0.717) is 17.7 Å². The maximum Gasteiger partial charge on any atom is 0.298 e. The summed E-state index contributed by atoms with van der Waals surface area (Å²) in [7, 11) is 4.21. The number of nitrogens with two attached hydrogens (primary N) is 1. The highest BCUT2D eigenvalue weighted by Gasteiger charge is 2.24. The Morgan fingerprint density at radius 3 is 3.00 bits per heavy atom. The number of hydrogen-bond donors (Lipinski definition) is 1. The Morgan fingerprint density at radius 1 is 1.45 bits per heavy atom. The molecule has 0 saturated carbocycles. The Labute approximate surface area is 125 Å². The van der Waals surface area contributed by atoms with E-state index in [4.69, 9.17) is 10.2 Å². The summed E-state index contributed by atoms with van der Waals surface area (Å²) in [6, 6.07) is 6.71. The van der Waals surface area contributed by atoms with Crippen LogP contribution in [-0.2, 0) is 0 Å². The van der Waals surface area contributed by atoms with Crippen molar-refractivity contribution in [2.24, 2.45) is 0 Å². The Hall–Kier alpha value is -1.46. The van der Waals surface area contributed by atoms with Crippen molar-refractivity contribution in [3.05, 3.63) is 18.2 Å². The van der Waals surface area contributed by atoms with Gasteiger partial charge in [-0.3, -0.25) is 0 Å². The zero-order valence-electron chi connectivity index (χ0n) is 11.9. The Balaban J connectivity index is 0.00000147. The fourth-order valence-electron chi connectivity index (χ4n) is 2.69. The van der Waals surface area contributed by atoms with Crippen molar-refractivity contribution in [1.29, 1.82) is 0 Å². The van der Waals surface area contributed by atoms with Crippen molar-refractivity contribution >= 4 is 35.2 Å². The van der Waals surface area contributed by atoms with Crippen molar-refractivity contribution < 1.29 is 4.42 Å². The minimum Gasteiger partial charge on any atom is -0.423 e. The van der Waals surface area contributed by atoms with Gasteiger partial charge in [0.2, 0.25) is 0 Å². The van der Waals surface area contributed by atoms with Gasteiger partial charge in [-0.2, -0.15) is 4.98 Å². The largest absolute Gasteiger partial charge is 0.423 e. The molecule has 1 aliphatic heterocycles. The van der Waals surface area contributed by atoms with Crippen molar-refractivity contribution in [2.75, 3.05) is 37.8 Å². The molecule has 2 heterocycles. The Kier molecular flexibility index (Phi) is 4.40. The van der Waals surface area contributed by atoms with Crippen LogP contribution >= 0.6 is 12.4 Å². The second-order valence-electron chi connectivity index (χ2n) is 5.39. The maximum absolute atomic E-state index is 5.81. The van der Waals surface area contributed by atoms with E-state index < -0.39 is 0 Å². The molecule has 6 heteroatoms. The van der Waals surface area contributed by atoms with Gasteiger partial charge in [0, 0.05) is 25.3 Å². The lowest BCUT2D eigenvalue weighted by atomic mass is 10.1. The molecule has 1 atom stereocenters. The molecule has 0 bridgehead atoms. The average Bonchev–Trinajstić information content (AvgIpc) is 2.80. The molecule has 110 valence electrons. The number of halogens is 1. The van der Waals surface area contributed by atoms with E-state index in [1.165, 1.54) is 19.4 Å². The van der Waals surface area contributed by atoms with Crippen LogP contribution in [0.1, 0.15) is 12.8 Å². The third kappa shape index (κ3) is 2.83. The number of rotatable bonds is 2. The second-order valence-corrected chi connectivity index (χ2v) is 5.39. The molecule has 1 unspecified atom stereocenters. The minimum absolute atomic E-state index is 0. The number of nitrogens with zero attached hydrogens (tertiary/aromatic N) is 3. The third-order valence-corrected chi connectivity index (χ3v) is 3.85. The van der Waals surface area contributed by atoms with Crippen LogP contribution in [0.5, 0.6) is 0 Å². The fraction of sp³-hybridized carbons (Fsp3) is 0.500. The van der Waals surface area contributed by atoms with E-state index in [9.17, 15) is 0 Å². The van der Waals surface area contributed by atoms with Crippen LogP contribution in [0.25, 0.3) is 11.1 Å². The van der Waals surface area contributed by atoms with Gasteiger partial charge in [0.05, 0.1) is 0 Å². The molecule has 3 rings (SSSR count). The monoisotopic (exact) mass is 296 g/mol. The molecule has 20 heavy (non-hydrogen) atoms. The number of likely N-dealkylation sites (tertiary alicyclic amines) is 1. The number of likely N-dealkylation sites (N-methyl/N-ethyl adjacent to an activating group) is 2. The van der Waals surface area contributed by atoms with Crippen molar-refractivity contribution in [1.82, 2.24) is 9.88 Å². The molecular weight excluding hydrogens is 276 g/mol. The molecule has 1 fully saturated rings. The summed E-state index contributed by atoms with van der Waals surface area (Å²) in [5.41, 5.74) is 8.10. The molecule has 0 aliphatic carbocycles. The van der Waals surface area contributed by atoms with Crippen LogP contribution in [0.4, 0.5) is 11.7 Å². The van der Waals surface area contributed by atoms with E-state index >= 15 is 0 Å². The number of piperidine rings is 1. The summed E-state index contributed by atoms with van der Waals surface area (Å²) in [6.07, 6.45) is 2.40. The first-order valence-corrected chi connectivity index (χ1v) is 6.71. The van der Waals surface area contributed by atoms with Crippen LogP contribution in [0.15, 0.2) is 22.6 Å². The van der Waals surface area contributed by atoms with Crippen LogP contribution in [0, 0.1) is 0 Å². The summed E-state index contributed by atoms with van der Waals surface area (Å²) < 4.78 is 5.81. The van der Waals surface area contributed by atoms with Gasteiger partial charge in [0.25, 0.3) is 6.01 Å². The van der Waals surface area contributed by atoms with Crippen LogP contribution in [-0.4, -0.2) is 43.1 Å². The molecule has 0 spiro atoms. The van der Waals surface area contributed by atoms with E-state index in [1.807, 2.05) is 18.2 Å². The predicted octanol–water partition coefficient (Wildman–Crippen LogP) is 2.36. The molecule has 2 aromatic rings. The molecule has 1 aromatic carbocycles. The highest BCUT2D eigenvalue weighted by Crippen LogP contribution is 2.26. The van der Waals surface area contributed by atoms with Gasteiger partial charge in [-0.15, -0.1) is 12.4 Å². The topological polar surface area (TPSA) is 58.5 Å². The zero-order chi connectivity index (χ0) is 13.4. The van der Waals surface area contributed by atoms with Crippen LogP contribution < -0.4 is 10.6 Å². The average molecular weight is 297 g/mol. The molecule has 5 nitrogen and oxygen atoms in total. The van der Waals surface area contributed by atoms with Gasteiger partial charge in [0.1, 0.15) is 5.52 Å². The quantitative estimate of drug-likeness (QED) is 0.862. The van der Waals surface area contributed by atoms with Crippen molar-refractivity contribution in [2.45, 2.75) is 18.9 Å². The molecule has 1 saturated heterocycles. The van der Waals surface area contributed by atoms with Gasteiger partial charge in [0.15, 0.2) is 5.58 Å². The number of nitrogen functional groups attached to an aromatic ring is 1. The standard InChI is InChI=1S/C14H20N4O.ClH/c1-17-7-3-4-11(9-17)18(2)14-16-12-8-10(15)5-6-13(12)19-14;/h5-6,8,11H,3-4,7,9,15H2,1-2H3;1H. The Bertz CT molecular complexity index is 586. The van der Waals surface area contributed by atoms with E-state index in [0.717, 1.165) is 17.6 Å². The molecular formula is C14H21ClN4O. The SMILES string of the molecule is CN1CCCC(N(C)c2nc3cc(N)ccc3o2)C1.Cl. The fourth-order valence-corrected chi connectivity index (χ4v) is 2.69. The van der Waals surface area contributed by atoms with E-state index in [1.54, 1.807) is 0 Å². The maximum atomic E-state index is 5.81. The Morgan fingerprint density at radius 2 is 2.25 bits per heavy atom. The zero-order valence-corrected chi connectivity index (χ0v) is 12.7. The number of benzene rings is 1. The predicted molar refractivity (Wildman–Crippen MR) is 84.6 cm³/mol. The highest BCUT2D eigenvalue weighted by molar-refractivity contribution is 5.85. The summed E-state index contributed by atoms with van der Waals surface area (Å²) in [4.78, 5) is 9.03. The van der Waals surface area contributed by atoms with Gasteiger partial charge >= 0.3 is 0 Å². The first-order chi connectivity index (χ1) is 9.13. The number of aromatic nitrogens is 1. The minimum atomic E-state index is 0. The number of hydrogen-bond acceptors (Lipinski definition) is 5. The molecule has 1 aliphatic rings. The lowest BCUT2D eigenvalue weighted by molar-refractivity contribution is 0.244. The van der Waals surface area contributed by atoms with Crippen LogP contribution in [0.2, 0.25) is 0 Å². The summed E-state index contributed by atoms with van der Waals surface area (Å²) in [6.45, 7) is 2.23. The smallest absolute Gasteiger partial charge is 0.298 e. The molecule has 2 N–H and O–H groups in total. The lowest BCUT2D eigenvalue weighted by Crippen LogP contribution is -2.45. The van der Waals surface area contributed by atoms with Gasteiger partial charge in [-0.1, -0.05) is 0 Å². The van der Waals surface area contributed by atoms with Crippen molar-refractivity contribution in [3.8, 4) is 0 Å². The molecule has 0 radical (unpaired) electrons. The summed E-state index contributed by atoms with van der Waals surface area (Å²) in [5.74, 6) is 0. The first kappa shape index (κ1) is 14.9. The van der Waals surface area contributed by atoms with E-state index in [2.05, 4.69) is 28.9 Å². The number of fused-ring (bicyclic) bond motifs is 1.